The molecule has 2 aromatic carbocycles. The standard InChI is InChI=1S/C23H21N3O6S2/c27-21-14-26(34(30,31)25-21)13-17-6-8-18(9-7-17)23(29)32-15-19-10-11-20(33-19)22(28)24-12-16-4-2-1-3-5-16/h1-11H,12-15H2,(H,24,28)(H,25,27). The van der Waals surface area contributed by atoms with Gasteiger partial charge in [0.15, 0.2) is 0 Å². The Morgan fingerprint density at radius 1 is 1.00 bits per heavy atom. The lowest BCUT2D eigenvalue weighted by Gasteiger charge is -2.12. The molecule has 0 saturated carbocycles. The first-order chi connectivity index (χ1) is 16.3. The minimum Gasteiger partial charge on any atom is -0.456 e. The normalized spacial score (nSPS) is 15.0. The first-order valence-electron chi connectivity index (χ1n) is 10.3. The van der Waals surface area contributed by atoms with Crippen LogP contribution in [0.5, 0.6) is 0 Å². The molecule has 0 spiro atoms. The summed E-state index contributed by atoms with van der Waals surface area (Å²) in [5.74, 6) is -1.31. The van der Waals surface area contributed by atoms with E-state index in [4.69, 9.17) is 4.74 Å². The fourth-order valence-electron chi connectivity index (χ4n) is 3.24. The second-order valence-electron chi connectivity index (χ2n) is 7.51. The number of thiophene rings is 1. The Morgan fingerprint density at radius 3 is 2.41 bits per heavy atom. The SMILES string of the molecule is O=C1CN(Cc2ccc(C(=O)OCc3ccc(C(=O)NCc4ccccc4)s3)cc2)S(=O)(=O)N1. The third-order valence-electron chi connectivity index (χ3n) is 4.98. The van der Waals surface area contributed by atoms with Gasteiger partial charge in [-0.1, -0.05) is 42.5 Å². The predicted octanol–water partition coefficient (Wildman–Crippen LogP) is 2.21. The van der Waals surface area contributed by atoms with E-state index < -0.39 is 22.1 Å². The highest BCUT2D eigenvalue weighted by molar-refractivity contribution is 7.88. The molecule has 0 radical (unpaired) electrons. The van der Waals surface area contributed by atoms with Crippen LogP contribution in [0.3, 0.4) is 0 Å². The first kappa shape index (κ1) is 23.6. The summed E-state index contributed by atoms with van der Waals surface area (Å²) in [5, 5.41) is 2.86. The maximum absolute atomic E-state index is 12.4. The molecule has 11 heteroatoms. The zero-order valence-electron chi connectivity index (χ0n) is 17.9. The van der Waals surface area contributed by atoms with Crippen molar-refractivity contribution in [2.24, 2.45) is 0 Å². The van der Waals surface area contributed by atoms with Gasteiger partial charge in [0.05, 0.1) is 17.0 Å². The third kappa shape index (κ3) is 5.87. The lowest BCUT2D eigenvalue weighted by molar-refractivity contribution is -0.118. The monoisotopic (exact) mass is 499 g/mol. The average molecular weight is 500 g/mol. The molecule has 9 nitrogen and oxygen atoms in total. The summed E-state index contributed by atoms with van der Waals surface area (Å²) in [6.45, 7) is 0.228. The number of esters is 1. The van der Waals surface area contributed by atoms with Crippen LogP contribution in [0.15, 0.2) is 66.7 Å². The molecule has 0 bridgehead atoms. The Labute approximate surface area is 200 Å². The van der Waals surface area contributed by atoms with Gasteiger partial charge in [-0.25, -0.2) is 9.52 Å². The molecule has 0 unspecified atom stereocenters. The van der Waals surface area contributed by atoms with Crippen LogP contribution >= 0.6 is 11.3 Å². The summed E-state index contributed by atoms with van der Waals surface area (Å²) >= 11 is 1.25. The van der Waals surface area contributed by atoms with E-state index in [1.54, 1.807) is 24.3 Å². The molecule has 3 aromatic rings. The summed E-state index contributed by atoms with van der Waals surface area (Å²) in [6.07, 6.45) is 0. The van der Waals surface area contributed by atoms with Crippen LogP contribution in [-0.2, 0) is 39.4 Å². The van der Waals surface area contributed by atoms with Crippen molar-refractivity contribution >= 4 is 39.3 Å². The number of nitrogens with zero attached hydrogens (tertiary/aromatic N) is 1. The number of amides is 2. The molecule has 0 aliphatic carbocycles. The number of nitrogens with one attached hydrogen (secondary N) is 2. The highest BCUT2D eigenvalue weighted by Crippen LogP contribution is 2.19. The fourth-order valence-corrected chi connectivity index (χ4v) is 5.16. The van der Waals surface area contributed by atoms with Gasteiger partial charge in [-0.2, -0.15) is 12.7 Å². The number of ether oxygens (including phenoxy) is 1. The van der Waals surface area contributed by atoms with Gasteiger partial charge < -0.3 is 10.1 Å². The smallest absolute Gasteiger partial charge is 0.338 e. The fraction of sp³-hybridized carbons (Fsp3) is 0.174. The van der Waals surface area contributed by atoms with Crippen LogP contribution in [0.25, 0.3) is 0 Å². The molecular weight excluding hydrogens is 478 g/mol. The topological polar surface area (TPSA) is 122 Å². The zero-order valence-corrected chi connectivity index (χ0v) is 19.5. The summed E-state index contributed by atoms with van der Waals surface area (Å²) in [7, 11) is -3.81. The molecule has 4 rings (SSSR count). The van der Waals surface area contributed by atoms with Gasteiger partial charge in [-0.15, -0.1) is 11.3 Å². The van der Waals surface area contributed by atoms with Crippen LogP contribution in [0.4, 0.5) is 0 Å². The highest BCUT2D eigenvalue weighted by Gasteiger charge is 2.33. The molecule has 1 saturated heterocycles. The maximum atomic E-state index is 12.4. The first-order valence-corrected chi connectivity index (χ1v) is 12.5. The molecule has 1 fully saturated rings. The van der Waals surface area contributed by atoms with Crippen molar-refractivity contribution in [1.82, 2.24) is 14.3 Å². The van der Waals surface area contributed by atoms with Crippen LogP contribution in [0.1, 0.15) is 36.0 Å². The van der Waals surface area contributed by atoms with Crippen molar-refractivity contribution in [2.45, 2.75) is 19.7 Å². The second kappa shape index (κ2) is 10.2. The summed E-state index contributed by atoms with van der Waals surface area (Å²) in [5.41, 5.74) is 1.93. The summed E-state index contributed by atoms with van der Waals surface area (Å²) in [4.78, 5) is 37.3. The van der Waals surface area contributed by atoms with Crippen molar-refractivity contribution in [3.05, 3.63) is 93.2 Å². The van der Waals surface area contributed by atoms with Gasteiger partial charge in [-0.3, -0.25) is 9.59 Å². The van der Waals surface area contributed by atoms with E-state index in [0.717, 1.165) is 14.7 Å². The predicted molar refractivity (Wildman–Crippen MR) is 125 cm³/mol. The Kier molecular flexibility index (Phi) is 7.06. The van der Waals surface area contributed by atoms with Gasteiger partial charge in [0.2, 0.25) is 5.91 Å². The molecule has 34 heavy (non-hydrogen) atoms. The molecule has 2 amide bonds. The maximum Gasteiger partial charge on any atom is 0.338 e. The van der Waals surface area contributed by atoms with Crippen molar-refractivity contribution in [1.29, 1.82) is 0 Å². The minimum absolute atomic E-state index is 0.0146. The Bertz CT molecular complexity index is 1300. The van der Waals surface area contributed by atoms with Gasteiger partial charge >= 0.3 is 16.2 Å². The van der Waals surface area contributed by atoms with Crippen LogP contribution in [-0.4, -0.2) is 37.1 Å². The van der Waals surface area contributed by atoms with E-state index >= 15 is 0 Å². The van der Waals surface area contributed by atoms with Crippen molar-refractivity contribution in [3.8, 4) is 0 Å². The number of benzene rings is 2. The Hall–Kier alpha value is -3.54. The van der Waals surface area contributed by atoms with E-state index in [0.29, 0.717) is 22.5 Å². The second-order valence-corrected chi connectivity index (χ2v) is 10.3. The zero-order chi connectivity index (χ0) is 24.1. The van der Waals surface area contributed by atoms with E-state index in [1.807, 2.05) is 35.1 Å². The molecule has 0 atom stereocenters. The van der Waals surface area contributed by atoms with Gasteiger partial charge in [0.1, 0.15) is 6.61 Å². The van der Waals surface area contributed by atoms with E-state index in [2.05, 4.69) is 5.32 Å². The lowest BCUT2D eigenvalue weighted by atomic mass is 10.1. The average Bonchev–Trinajstić information content (AvgIpc) is 3.40. The van der Waals surface area contributed by atoms with E-state index in [9.17, 15) is 22.8 Å². The van der Waals surface area contributed by atoms with Crippen LogP contribution in [0, 0.1) is 0 Å². The van der Waals surface area contributed by atoms with E-state index in [1.165, 1.54) is 23.5 Å². The number of carbonyl (C=O) groups is 3. The quantitative estimate of drug-likeness (QED) is 0.459. The van der Waals surface area contributed by atoms with E-state index in [-0.39, 0.29) is 25.6 Å². The number of hydrogen-bond donors (Lipinski definition) is 2. The van der Waals surface area contributed by atoms with Gasteiger partial charge in [0, 0.05) is 18.0 Å². The third-order valence-corrected chi connectivity index (χ3v) is 7.46. The van der Waals surface area contributed by atoms with Gasteiger partial charge in [0.25, 0.3) is 5.91 Å². The summed E-state index contributed by atoms with van der Waals surface area (Å²) in [6, 6.07) is 19.3. The van der Waals surface area contributed by atoms with Crippen LogP contribution < -0.4 is 10.0 Å². The minimum atomic E-state index is -3.81. The largest absolute Gasteiger partial charge is 0.456 e. The number of rotatable bonds is 8. The molecule has 1 aliphatic rings. The molecule has 1 aliphatic heterocycles. The molecule has 176 valence electrons. The molecule has 2 N–H and O–H groups in total. The van der Waals surface area contributed by atoms with Crippen molar-refractivity contribution in [3.63, 3.8) is 0 Å². The molecule has 2 heterocycles. The highest BCUT2D eigenvalue weighted by atomic mass is 32.2. The number of hydrogen-bond acceptors (Lipinski definition) is 7. The molecule has 1 aromatic heterocycles. The Balaban J connectivity index is 1.27. The lowest BCUT2D eigenvalue weighted by Crippen LogP contribution is -2.29. The van der Waals surface area contributed by atoms with Gasteiger partial charge in [-0.05, 0) is 35.4 Å². The Morgan fingerprint density at radius 2 is 1.74 bits per heavy atom. The molecular formula is C23H21N3O6S2. The summed E-state index contributed by atoms with van der Waals surface area (Å²) < 4.78 is 31.9. The van der Waals surface area contributed by atoms with Crippen molar-refractivity contribution < 1.29 is 27.5 Å². The van der Waals surface area contributed by atoms with Crippen LogP contribution in [0.2, 0.25) is 0 Å². The number of carbonyl (C=O) groups excluding carboxylic acids is 3. The van der Waals surface area contributed by atoms with Crippen molar-refractivity contribution in [2.75, 3.05) is 6.54 Å².